The average Bonchev–Trinajstić information content (AvgIpc) is 3.16. The number of thiocarbonyl (C=S) groups is 1. The van der Waals surface area contributed by atoms with Gasteiger partial charge in [0.2, 0.25) is 5.91 Å². The number of hydrogen-bond acceptors (Lipinski definition) is 5. The van der Waals surface area contributed by atoms with Crippen molar-refractivity contribution in [1.29, 1.82) is 0 Å². The second kappa shape index (κ2) is 10.1. The Morgan fingerprint density at radius 1 is 1.13 bits per heavy atom. The van der Waals surface area contributed by atoms with Crippen LogP contribution in [0.2, 0.25) is 10.0 Å². The molecule has 1 heterocycles. The van der Waals surface area contributed by atoms with E-state index in [1.165, 1.54) is 30.4 Å². The molecular formula is C20H12BrCl2N3O4S. The van der Waals surface area contributed by atoms with E-state index in [2.05, 4.69) is 26.6 Å². The van der Waals surface area contributed by atoms with Crippen molar-refractivity contribution in [3.63, 3.8) is 0 Å². The first-order chi connectivity index (χ1) is 14.7. The zero-order chi connectivity index (χ0) is 22.5. The van der Waals surface area contributed by atoms with Gasteiger partial charge in [-0.05, 0) is 70.6 Å². The first-order valence-corrected chi connectivity index (χ1v) is 10.5. The molecular weight excluding hydrogens is 529 g/mol. The predicted molar refractivity (Wildman–Crippen MR) is 128 cm³/mol. The maximum absolute atomic E-state index is 12.1. The van der Waals surface area contributed by atoms with E-state index >= 15 is 0 Å². The van der Waals surface area contributed by atoms with Gasteiger partial charge in [0, 0.05) is 38.3 Å². The van der Waals surface area contributed by atoms with Crippen molar-refractivity contribution in [3.05, 3.63) is 85.0 Å². The van der Waals surface area contributed by atoms with Crippen LogP contribution in [0.25, 0.3) is 17.4 Å². The number of benzene rings is 2. The topological polar surface area (TPSA) is 97.4 Å². The van der Waals surface area contributed by atoms with Crippen LogP contribution in [0.15, 0.2) is 63.5 Å². The Kier molecular flexibility index (Phi) is 7.45. The second-order valence-corrected chi connectivity index (χ2v) is 8.19. The second-order valence-electron chi connectivity index (χ2n) is 6.06. The number of nitro benzene ring substituents is 1. The number of nitro groups is 1. The van der Waals surface area contributed by atoms with Gasteiger partial charge in [0.1, 0.15) is 11.5 Å². The number of furan rings is 1. The van der Waals surface area contributed by atoms with Crippen molar-refractivity contribution in [2.24, 2.45) is 0 Å². The molecule has 31 heavy (non-hydrogen) atoms. The summed E-state index contributed by atoms with van der Waals surface area (Å²) in [5.41, 5.74) is 1.10. The molecule has 0 fully saturated rings. The molecule has 1 aromatic heterocycles. The molecule has 7 nitrogen and oxygen atoms in total. The van der Waals surface area contributed by atoms with Gasteiger partial charge in [-0.1, -0.05) is 23.2 Å². The maximum Gasteiger partial charge on any atom is 0.270 e. The summed E-state index contributed by atoms with van der Waals surface area (Å²) in [6.45, 7) is 0. The lowest BCUT2D eigenvalue weighted by atomic mass is 10.2. The Morgan fingerprint density at radius 3 is 2.48 bits per heavy atom. The third-order valence-electron chi connectivity index (χ3n) is 3.82. The van der Waals surface area contributed by atoms with Gasteiger partial charge in [-0.2, -0.15) is 0 Å². The van der Waals surface area contributed by atoms with Crippen molar-refractivity contribution in [2.45, 2.75) is 0 Å². The Labute approximate surface area is 200 Å². The fraction of sp³-hybridized carbons (Fsp3) is 0. The molecule has 11 heteroatoms. The third kappa shape index (κ3) is 6.38. The van der Waals surface area contributed by atoms with E-state index in [4.69, 9.17) is 39.8 Å². The number of anilines is 1. The SMILES string of the molecule is O=C(/C=C/c1ccc(-c2cc(Cl)cc(Cl)c2)o1)NC(=S)Nc1ccc([N+](=O)[O-])cc1Br. The molecule has 2 N–H and O–H groups in total. The fourth-order valence-electron chi connectivity index (χ4n) is 2.48. The zero-order valence-electron chi connectivity index (χ0n) is 15.4. The third-order valence-corrected chi connectivity index (χ3v) is 5.12. The van der Waals surface area contributed by atoms with Crippen molar-refractivity contribution < 1.29 is 14.1 Å². The minimum Gasteiger partial charge on any atom is -0.457 e. The average molecular weight is 541 g/mol. The molecule has 0 unspecified atom stereocenters. The van der Waals surface area contributed by atoms with E-state index in [1.807, 2.05) is 0 Å². The standard InChI is InChI=1S/C20H12BrCl2N3O4S/c21-16-10-14(26(28)29)1-4-17(16)24-20(31)25-19(27)6-3-15-2-5-18(30-15)11-7-12(22)9-13(23)8-11/h1-10H,(H2,24,25,27,31)/b6-3+. The molecule has 0 aliphatic heterocycles. The van der Waals surface area contributed by atoms with Crippen LogP contribution in [0.3, 0.4) is 0 Å². The minimum atomic E-state index is -0.513. The van der Waals surface area contributed by atoms with Gasteiger partial charge < -0.3 is 9.73 Å². The largest absolute Gasteiger partial charge is 0.457 e. The van der Waals surface area contributed by atoms with Crippen LogP contribution in [-0.2, 0) is 4.79 Å². The molecule has 158 valence electrons. The summed E-state index contributed by atoms with van der Waals surface area (Å²) in [6.07, 6.45) is 2.74. The smallest absolute Gasteiger partial charge is 0.270 e. The van der Waals surface area contributed by atoms with Gasteiger partial charge in [0.05, 0.1) is 10.6 Å². The van der Waals surface area contributed by atoms with Crippen molar-refractivity contribution in [2.75, 3.05) is 5.32 Å². The lowest BCUT2D eigenvalue weighted by Gasteiger charge is -2.09. The Bertz CT molecular complexity index is 1190. The molecule has 2 aromatic carbocycles. The first-order valence-electron chi connectivity index (χ1n) is 8.51. The van der Waals surface area contributed by atoms with Gasteiger partial charge in [-0.15, -0.1) is 0 Å². The Hall–Kier alpha value is -2.72. The van der Waals surface area contributed by atoms with Gasteiger partial charge in [0.25, 0.3) is 5.69 Å². The number of nitrogens with zero attached hydrogens (tertiary/aromatic N) is 1. The number of hydrogen-bond donors (Lipinski definition) is 2. The molecule has 1 amide bonds. The summed E-state index contributed by atoms with van der Waals surface area (Å²) in [7, 11) is 0. The number of amides is 1. The van der Waals surface area contributed by atoms with E-state index in [0.717, 1.165) is 0 Å². The van der Waals surface area contributed by atoms with E-state index in [-0.39, 0.29) is 10.8 Å². The number of rotatable bonds is 5. The van der Waals surface area contributed by atoms with E-state index < -0.39 is 10.8 Å². The van der Waals surface area contributed by atoms with Crippen LogP contribution >= 0.6 is 51.3 Å². The van der Waals surface area contributed by atoms with Crippen LogP contribution < -0.4 is 10.6 Å². The highest BCUT2D eigenvalue weighted by Crippen LogP contribution is 2.29. The number of carbonyl (C=O) groups is 1. The van der Waals surface area contributed by atoms with Crippen LogP contribution in [0.1, 0.15) is 5.76 Å². The number of nitrogens with one attached hydrogen (secondary N) is 2. The Balaban J connectivity index is 1.60. The summed E-state index contributed by atoms with van der Waals surface area (Å²) >= 11 is 20.3. The molecule has 3 rings (SSSR count). The van der Waals surface area contributed by atoms with Crippen LogP contribution in [-0.4, -0.2) is 15.9 Å². The minimum absolute atomic E-state index is 0.0258. The molecule has 0 saturated carbocycles. The number of halogens is 3. The Morgan fingerprint density at radius 2 is 1.84 bits per heavy atom. The summed E-state index contributed by atoms with van der Waals surface area (Å²) in [4.78, 5) is 22.4. The zero-order valence-corrected chi connectivity index (χ0v) is 19.3. The van der Waals surface area contributed by atoms with Crippen molar-refractivity contribution >= 4 is 79.8 Å². The molecule has 0 atom stereocenters. The molecule has 0 radical (unpaired) electrons. The molecule has 0 saturated heterocycles. The molecule has 0 spiro atoms. The number of non-ortho nitro benzene ring substituents is 1. The van der Waals surface area contributed by atoms with Crippen LogP contribution in [0.5, 0.6) is 0 Å². The first kappa shape index (κ1) is 23.0. The highest BCUT2D eigenvalue weighted by Gasteiger charge is 2.11. The van der Waals surface area contributed by atoms with E-state index in [1.54, 1.807) is 30.3 Å². The summed E-state index contributed by atoms with van der Waals surface area (Å²) in [5.74, 6) is 0.502. The van der Waals surface area contributed by atoms with Crippen LogP contribution in [0.4, 0.5) is 11.4 Å². The maximum atomic E-state index is 12.1. The van der Waals surface area contributed by atoms with E-state index in [0.29, 0.717) is 37.3 Å². The predicted octanol–water partition coefficient (Wildman–Crippen LogP) is 6.45. The normalized spacial score (nSPS) is 10.8. The lowest BCUT2D eigenvalue weighted by molar-refractivity contribution is -0.384. The summed E-state index contributed by atoms with van der Waals surface area (Å²) in [6, 6.07) is 12.6. The monoisotopic (exact) mass is 539 g/mol. The number of carbonyl (C=O) groups excluding carboxylic acids is 1. The fourth-order valence-corrected chi connectivity index (χ4v) is 3.68. The van der Waals surface area contributed by atoms with Gasteiger partial charge in [-0.25, -0.2) is 0 Å². The van der Waals surface area contributed by atoms with Crippen molar-refractivity contribution in [1.82, 2.24) is 5.32 Å². The summed E-state index contributed by atoms with van der Waals surface area (Å²) < 4.78 is 6.11. The molecule has 0 aliphatic carbocycles. The quantitative estimate of drug-likeness (QED) is 0.167. The van der Waals surface area contributed by atoms with Gasteiger partial charge in [-0.3, -0.25) is 20.2 Å². The molecule has 0 aliphatic rings. The molecule has 0 bridgehead atoms. The molecule has 3 aromatic rings. The van der Waals surface area contributed by atoms with Gasteiger partial charge >= 0.3 is 0 Å². The highest BCUT2D eigenvalue weighted by atomic mass is 79.9. The summed E-state index contributed by atoms with van der Waals surface area (Å²) in [5, 5.41) is 17.0. The van der Waals surface area contributed by atoms with Gasteiger partial charge in [0.15, 0.2) is 5.11 Å². The lowest BCUT2D eigenvalue weighted by Crippen LogP contribution is -2.32. The highest BCUT2D eigenvalue weighted by molar-refractivity contribution is 9.10. The van der Waals surface area contributed by atoms with E-state index in [9.17, 15) is 14.9 Å². The van der Waals surface area contributed by atoms with Crippen LogP contribution in [0, 0.1) is 10.1 Å². The van der Waals surface area contributed by atoms with Crippen molar-refractivity contribution in [3.8, 4) is 11.3 Å².